The molecule has 1 saturated heterocycles. The minimum Gasteiger partial charge on any atom is -0.356 e. The normalized spacial score (nSPS) is 18.0. The van der Waals surface area contributed by atoms with Crippen LogP contribution >= 0.6 is 0 Å². The standard InChI is InChI=1S/C18H18N4O2/c1-12-5-6-19-9-14(12)15-8-13-16(11-23)21-22(17(13)10-20-15)18-4-2-3-7-24-18/h5-6,8-11,18H,2-4,7H2,1H3. The fraction of sp³-hybridized carbons (Fsp3) is 0.333. The van der Waals surface area contributed by atoms with Gasteiger partial charge in [0.05, 0.1) is 17.4 Å². The van der Waals surface area contributed by atoms with Crippen LogP contribution in [0.1, 0.15) is 41.5 Å². The van der Waals surface area contributed by atoms with Crippen LogP contribution in [-0.2, 0) is 4.74 Å². The Morgan fingerprint density at radius 2 is 2.25 bits per heavy atom. The number of fused-ring (bicyclic) bond motifs is 1. The molecule has 0 aliphatic carbocycles. The van der Waals surface area contributed by atoms with Crippen molar-refractivity contribution in [3.8, 4) is 11.3 Å². The van der Waals surface area contributed by atoms with Crippen LogP contribution in [0, 0.1) is 6.92 Å². The Morgan fingerprint density at radius 3 is 3.00 bits per heavy atom. The van der Waals surface area contributed by atoms with Crippen LogP contribution in [0.25, 0.3) is 22.2 Å². The summed E-state index contributed by atoms with van der Waals surface area (Å²) in [4.78, 5) is 20.2. The van der Waals surface area contributed by atoms with E-state index >= 15 is 0 Å². The zero-order valence-corrected chi connectivity index (χ0v) is 13.5. The van der Waals surface area contributed by atoms with Gasteiger partial charge >= 0.3 is 0 Å². The summed E-state index contributed by atoms with van der Waals surface area (Å²) in [5, 5.41) is 5.26. The lowest BCUT2D eigenvalue weighted by molar-refractivity contribution is -0.0367. The fourth-order valence-electron chi connectivity index (χ4n) is 3.16. The zero-order valence-electron chi connectivity index (χ0n) is 13.5. The van der Waals surface area contributed by atoms with Gasteiger partial charge in [-0.2, -0.15) is 5.10 Å². The first-order chi connectivity index (χ1) is 11.8. The molecule has 0 aromatic carbocycles. The molecule has 0 N–H and O–H groups in total. The van der Waals surface area contributed by atoms with E-state index in [-0.39, 0.29) is 6.23 Å². The first kappa shape index (κ1) is 15.0. The van der Waals surface area contributed by atoms with Crippen LogP contribution in [0.4, 0.5) is 0 Å². The highest BCUT2D eigenvalue weighted by atomic mass is 16.5. The first-order valence-corrected chi connectivity index (χ1v) is 8.14. The summed E-state index contributed by atoms with van der Waals surface area (Å²) < 4.78 is 7.61. The van der Waals surface area contributed by atoms with Gasteiger partial charge in [0.2, 0.25) is 0 Å². The lowest BCUT2D eigenvalue weighted by Crippen LogP contribution is -2.19. The fourth-order valence-corrected chi connectivity index (χ4v) is 3.16. The van der Waals surface area contributed by atoms with E-state index in [0.717, 1.165) is 59.9 Å². The van der Waals surface area contributed by atoms with Crippen LogP contribution in [0.15, 0.2) is 30.7 Å². The predicted octanol–water partition coefficient (Wildman–Crippen LogP) is 3.31. The van der Waals surface area contributed by atoms with Crippen LogP contribution < -0.4 is 0 Å². The molecule has 1 aliphatic rings. The smallest absolute Gasteiger partial charge is 0.170 e. The third-order valence-electron chi connectivity index (χ3n) is 4.48. The summed E-state index contributed by atoms with van der Waals surface area (Å²) in [6.45, 7) is 2.74. The van der Waals surface area contributed by atoms with Crippen molar-refractivity contribution in [3.63, 3.8) is 0 Å². The molecule has 1 atom stereocenters. The molecule has 0 radical (unpaired) electrons. The monoisotopic (exact) mass is 322 g/mol. The number of aldehydes is 1. The summed E-state index contributed by atoms with van der Waals surface area (Å²) in [7, 11) is 0. The summed E-state index contributed by atoms with van der Waals surface area (Å²) in [6, 6.07) is 3.86. The third-order valence-corrected chi connectivity index (χ3v) is 4.48. The van der Waals surface area contributed by atoms with E-state index in [2.05, 4.69) is 15.1 Å². The van der Waals surface area contributed by atoms with Gasteiger partial charge < -0.3 is 4.74 Å². The Balaban J connectivity index is 1.85. The highest BCUT2D eigenvalue weighted by Gasteiger charge is 2.21. The summed E-state index contributed by atoms with van der Waals surface area (Å²) in [5.74, 6) is 0. The Bertz CT molecular complexity index is 897. The van der Waals surface area contributed by atoms with Gasteiger partial charge in [-0.25, -0.2) is 4.68 Å². The molecule has 4 heterocycles. The molecule has 6 heteroatoms. The third kappa shape index (κ3) is 2.49. The zero-order chi connectivity index (χ0) is 16.5. The summed E-state index contributed by atoms with van der Waals surface area (Å²) >= 11 is 0. The van der Waals surface area contributed by atoms with Crippen molar-refractivity contribution in [2.45, 2.75) is 32.4 Å². The number of nitrogens with zero attached hydrogens (tertiary/aromatic N) is 4. The molecular formula is C18H18N4O2. The van der Waals surface area contributed by atoms with E-state index in [1.54, 1.807) is 23.3 Å². The quantitative estimate of drug-likeness (QED) is 0.692. The maximum Gasteiger partial charge on any atom is 0.170 e. The van der Waals surface area contributed by atoms with Crippen molar-refractivity contribution in [1.29, 1.82) is 0 Å². The van der Waals surface area contributed by atoms with Crippen LogP contribution in [0.5, 0.6) is 0 Å². The van der Waals surface area contributed by atoms with Gasteiger partial charge in [0.15, 0.2) is 12.5 Å². The average Bonchev–Trinajstić information content (AvgIpc) is 3.01. The Morgan fingerprint density at radius 1 is 1.33 bits per heavy atom. The van der Waals surface area contributed by atoms with Crippen molar-refractivity contribution in [3.05, 3.63) is 42.0 Å². The number of pyridine rings is 2. The van der Waals surface area contributed by atoms with Gasteiger partial charge in [-0.1, -0.05) is 0 Å². The molecule has 0 saturated carbocycles. The maximum atomic E-state index is 11.5. The predicted molar refractivity (Wildman–Crippen MR) is 89.7 cm³/mol. The van der Waals surface area contributed by atoms with Crippen LogP contribution in [0.3, 0.4) is 0 Å². The Labute approximate surface area is 139 Å². The molecule has 1 fully saturated rings. The minimum absolute atomic E-state index is 0.122. The molecule has 3 aromatic heterocycles. The van der Waals surface area contributed by atoms with Gasteiger partial charge in [-0.05, 0) is 43.9 Å². The lowest BCUT2D eigenvalue weighted by atomic mass is 10.1. The molecule has 24 heavy (non-hydrogen) atoms. The summed E-state index contributed by atoms with van der Waals surface area (Å²) in [6.07, 6.45) is 9.06. The number of carbonyl (C=O) groups excluding carboxylic acids is 1. The number of aryl methyl sites for hydroxylation is 1. The van der Waals surface area contributed by atoms with E-state index in [1.807, 2.05) is 19.1 Å². The topological polar surface area (TPSA) is 69.9 Å². The Hall–Kier alpha value is -2.60. The van der Waals surface area contributed by atoms with Gasteiger partial charge in [0.1, 0.15) is 5.69 Å². The van der Waals surface area contributed by atoms with E-state index in [9.17, 15) is 4.79 Å². The van der Waals surface area contributed by atoms with Crippen molar-refractivity contribution in [2.24, 2.45) is 0 Å². The molecule has 3 aromatic rings. The molecule has 0 bridgehead atoms. The largest absolute Gasteiger partial charge is 0.356 e. The van der Waals surface area contributed by atoms with Crippen molar-refractivity contribution in [2.75, 3.05) is 6.61 Å². The van der Waals surface area contributed by atoms with Crippen molar-refractivity contribution < 1.29 is 9.53 Å². The number of aromatic nitrogens is 4. The van der Waals surface area contributed by atoms with E-state index in [4.69, 9.17) is 4.74 Å². The van der Waals surface area contributed by atoms with E-state index in [0.29, 0.717) is 5.69 Å². The van der Waals surface area contributed by atoms with Gasteiger partial charge in [0, 0.05) is 30.0 Å². The lowest BCUT2D eigenvalue weighted by Gasteiger charge is -2.23. The second kappa shape index (κ2) is 6.13. The van der Waals surface area contributed by atoms with Gasteiger partial charge in [-0.15, -0.1) is 0 Å². The first-order valence-electron chi connectivity index (χ1n) is 8.14. The van der Waals surface area contributed by atoms with Crippen molar-refractivity contribution >= 4 is 17.2 Å². The molecule has 122 valence electrons. The van der Waals surface area contributed by atoms with Gasteiger partial charge in [0.25, 0.3) is 0 Å². The van der Waals surface area contributed by atoms with E-state index in [1.165, 1.54) is 0 Å². The molecule has 0 amide bonds. The van der Waals surface area contributed by atoms with Gasteiger partial charge in [-0.3, -0.25) is 14.8 Å². The highest BCUT2D eigenvalue weighted by molar-refractivity contribution is 5.96. The number of rotatable bonds is 3. The number of hydrogen-bond donors (Lipinski definition) is 0. The second-order valence-corrected chi connectivity index (χ2v) is 6.05. The van der Waals surface area contributed by atoms with Crippen molar-refractivity contribution in [1.82, 2.24) is 19.7 Å². The molecular weight excluding hydrogens is 304 g/mol. The number of hydrogen-bond acceptors (Lipinski definition) is 5. The average molecular weight is 322 g/mol. The minimum atomic E-state index is -0.122. The number of ether oxygens (including phenoxy) is 1. The second-order valence-electron chi connectivity index (χ2n) is 6.05. The van der Waals surface area contributed by atoms with Crippen LogP contribution in [-0.4, -0.2) is 32.6 Å². The summed E-state index contributed by atoms with van der Waals surface area (Å²) in [5.41, 5.74) is 4.09. The van der Waals surface area contributed by atoms with Crippen LogP contribution in [0.2, 0.25) is 0 Å². The molecule has 1 aliphatic heterocycles. The van der Waals surface area contributed by atoms with E-state index < -0.39 is 0 Å². The maximum absolute atomic E-state index is 11.5. The highest BCUT2D eigenvalue weighted by Crippen LogP contribution is 2.30. The number of carbonyl (C=O) groups is 1. The Kier molecular flexibility index (Phi) is 3.82. The molecule has 4 rings (SSSR count). The molecule has 6 nitrogen and oxygen atoms in total. The SMILES string of the molecule is Cc1ccncc1-c1cc2c(C=O)nn(C3CCCCO3)c2cn1. The molecule has 1 unspecified atom stereocenters. The molecule has 0 spiro atoms.